The largest absolute Gasteiger partial charge is 0.481 e. The Bertz CT molecular complexity index is 896. The van der Waals surface area contributed by atoms with Crippen molar-refractivity contribution in [1.29, 1.82) is 0 Å². The molecule has 7 heteroatoms. The van der Waals surface area contributed by atoms with E-state index in [-0.39, 0.29) is 12.0 Å². The molecule has 0 amide bonds. The van der Waals surface area contributed by atoms with Crippen LogP contribution in [0.5, 0.6) is 0 Å². The van der Waals surface area contributed by atoms with Crippen LogP contribution in [0.4, 0.5) is 0 Å². The van der Waals surface area contributed by atoms with Crippen LogP contribution >= 0.6 is 0 Å². The number of aliphatic carboxylic acids is 1. The first-order valence-corrected chi connectivity index (χ1v) is 6.85. The number of carboxylic acids is 1. The van der Waals surface area contributed by atoms with Gasteiger partial charge in [0, 0.05) is 42.3 Å². The minimum Gasteiger partial charge on any atom is -0.481 e. The monoisotopic (exact) mass is 298 g/mol. The van der Waals surface area contributed by atoms with Crippen molar-refractivity contribution in [3.63, 3.8) is 0 Å². The molecule has 22 heavy (non-hydrogen) atoms. The second-order valence-corrected chi connectivity index (χ2v) is 4.83. The molecule has 0 atom stereocenters. The topological polar surface area (TPSA) is 89.5 Å². The number of rotatable bonds is 4. The molecule has 3 heterocycles. The number of pyridine rings is 1. The average Bonchev–Trinajstić information content (AvgIpc) is 2.93. The van der Waals surface area contributed by atoms with Gasteiger partial charge in [0.15, 0.2) is 0 Å². The van der Waals surface area contributed by atoms with Crippen LogP contribution in [-0.2, 0) is 17.8 Å². The third kappa shape index (κ3) is 2.37. The van der Waals surface area contributed by atoms with E-state index < -0.39 is 5.97 Å². The van der Waals surface area contributed by atoms with Crippen LogP contribution in [0.25, 0.3) is 16.9 Å². The van der Waals surface area contributed by atoms with Gasteiger partial charge in [0.25, 0.3) is 5.56 Å². The highest BCUT2D eigenvalue weighted by Gasteiger charge is 2.14. The van der Waals surface area contributed by atoms with Crippen LogP contribution in [0.1, 0.15) is 12.6 Å². The molecule has 0 spiro atoms. The number of carboxylic acid groups (broad SMARTS) is 1. The van der Waals surface area contributed by atoms with Crippen molar-refractivity contribution in [1.82, 2.24) is 19.2 Å². The molecule has 0 aliphatic carbocycles. The molecule has 0 saturated carbocycles. The summed E-state index contributed by atoms with van der Waals surface area (Å²) < 4.78 is 3.07. The van der Waals surface area contributed by atoms with Crippen molar-refractivity contribution in [2.24, 2.45) is 0 Å². The molecule has 0 aromatic carbocycles. The molecular formula is C15H14N4O3. The van der Waals surface area contributed by atoms with E-state index in [1.54, 1.807) is 29.1 Å². The number of carbonyl (C=O) groups is 1. The molecule has 0 saturated heterocycles. The van der Waals surface area contributed by atoms with Gasteiger partial charge < -0.3 is 9.67 Å². The lowest BCUT2D eigenvalue weighted by Gasteiger charge is -2.11. The molecule has 0 unspecified atom stereocenters. The standard InChI is InChI=1S/C15H14N4O3/c1-2-18-11(7-15(21)22)6-14(20)19-13(18)8-12(17-19)10-4-3-5-16-9-10/h3-6,8-9H,2,7H2,1H3,(H,21,22). The van der Waals surface area contributed by atoms with Gasteiger partial charge in [0.1, 0.15) is 5.65 Å². The molecular weight excluding hydrogens is 284 g/mol. The lowest BCUT2D eigenvalue weighted by atomic mass is 10.2. The molecule has 3 rings (SSSR count). The fourth-order valence-electron chi connectivity index (χ4n) is 2.48. The minimum atomic E-state index is -0.974. The smallest absolute Gasteiger partial charge is 0.309 e. The van der Waals surface area contributed by atoms with Gasteiger partial charge in [-0.25, -0.2) is 0 Å². The van der Waals surface area contributed by atoms with Crippen LogP contribution in [-0.4, -0.2) is 30.2 Å². The van der Waals surface area contributed by atoms with Crippen LogP contribution in [0.3, 0.4) is 0 Å². The van der Waals surface area contributed by atoms with E-state index in [1.807, 2.05) is 13.0 Å². The van der Waals surface area contributed by atoms with Gasteiger partial charge >= 0.3 is 5.97 Å². The Balaban J connectivity index is 2.25. The van der Waals surface area contributed by atoms with E-state index in [4.69, 9.17) is 5.11 Å². The van der Waals surface area contributed by atoms with Crippen LogP contribution in [0, 0.1) is 0 Å². The Morgan fingerprint density at radius 3 is 2.82 bits per heavy atom. The third-order valence-electron chi connectivity index (χ3n) is 3.42. The fourth-order valence-corrected chi connectivity index (χ4v) is 2.48. The number of nitrogens with zero attached hydrogens (tertiary/aromatic N) is 4. The van der Waals surface area contributed by atoms with Crippen molar-refractivity contribution in [2.75, 3.05) is 0 Å². The average molecular weight is 298 g/mol. The molecule has 7 nitrogen and oxygen atoms in total. The quantitative estimate of drug-likeness (QED) is 0.782. The van der Waals surface area contributed by atoms with Gasteiger partial charge in [-0.3, -0.25) is 14.6 Å². The summed E-state index contributed by atoms with van der Waals surface area (Å²) in [5, 5.41) is 13.3. The van der Waals surface area contributed by atoms with Gasteiger partial charge in [-0.2, -0.15) is 9.61 Å². The summed E-state index contributed by atoms with van der Waals surface area (Å²) in [5.74, 6) is -0.974. The zero-order chi connectivity index (χ0) is 15.7. The highest BCUT2D eigenvalue weighted by atomic mass is 16.4. The maximum atomic E-state index is 12.2. The van der Waals surface area contributed by atoms with E-state index in [0.717, 1.165) is 5.56 Å². The Morgan fingerprint density at radius 1 is 1.36 bits per heavy atom. The van der Waals surface area contributed by atoms with Gasteiger partial charge in [0.2, 0.25) is 0 Å². The first-order valence-electron chi connectivity index (χ1n) is 6.85. The number of fused-ring (bicyclic) bond motifs is 1. The van der Waals surface area contributed by atoms with Crippen molar-refractivity contribution in [3.05, 3.63) is 52.7 Å². The van der Waals surface area contributed by atoms with Gasteiger partial charge in [-0.15, -0.1) is 0 Å². The summed E-state index contributed by atoms with van der Waals surface area (Å²) in [6.07, 6.45) is 3.13. The lowest BCUT2D eigenvalue weighted by Crippen LogP contribution is -2.22. The van der Waals surface area contributed by atoms with Crippen LogP contribution < -0.4 is 5.56 Å². The molecule has 3 aromatic heterocycles. The third-order valence-corrected chi connectivity index (χ3v) is 3.42. The molecule has 1 N–H and O–H groups in total. The fraction of sp³-hybridized carbons (Fsp3) is 0.200. The van der Waals surface area contributed by atoms with Crippen molar-refractivity contribution in [2.45, 2.75) is 19.9 Å². The zero-order valence-corrected chi connectivity index (χ0v) is 11.9. The van der Waals surface area contributed by atoms with E-state index in [1.165, 1.54) is 10.6 Å². The maximum Gasteiger partial charge on any atom is 0.309 e. The van der Waals surface area contributed by atoms with Crippen molar-refractivity contribution in [3.8, 4) is 11.3 Å². The van der Waals surface area contributed by atoms with E-state index >= 15 is 0 Å². The molecule has 3 aromatic rings. The molecule has 0 aliphatic rings. The first kappa shape index (κ1) is 14.0. The van der Waals surface area contributed by atoms with E-state index in [2.05, 4.69) is 10.1 Å². The van der Waals surface area contributed by atoms with Crippen LogP contribution in [0.15, 0.2) is 41.5 Å². The van der Waals surface area contributed by atoms with Gasteiger partial charge in [-0.1, -0.05) is 0 Å². The van der Waals surface area contributed by atoms with Crippen molar-refractivity contribution < 1.29 is 9.90 Å². The molecule has 0 radical (unpaired) electrons. The summed E-state index contributed by atoms with van der Waals surface area (Å²) >= 11 is 0. The Labute approximate surface area is 125 Å². The molecule has 0 aliphatic heterocycles. The molecule has 112 valence electrons. The summed E-state index contributed by atoms with van der Waals surface area (Å²) in [5.41, 5.74) is 2.12. The lowest BCUT2D eigenvalue weighted by molar-refractivity contribution is -0.136. The minimum absolute atomic E-state index is 0.201. The number of hydrogen-bond acceptors (Lipinski definition) is 4. The van der Waals surface area contributed by atoms with Crippen LogP contribution in [0.2, 0.25) is 0 Å². The highest BCUT2D eigenvalue weighted by molar-refractivity contribution is 5.70. The predicted octanol–water partition coefficient (Wildman–Crippen LogP) is 1.20. The summed E-state index contributed by atoms with van der Waals surface area (Å²) in [6.45, 7) is 2.44. The normalized spacial score (nSPS) is 11.0. The second-order valence-electron chi connectivity index (χ2n) is 4.83. The summed E-state index contributed by atoms with van der Waals surface area (Å²) in [4.78, 5) is 27.2. The zero-order valence-electron chi connectivity index (χ0n) is 11.9. The number of aromatic nitrogens is 4. The molecule has 0 bridgehead atoms. The maximum absolute atomic E-state index is 12.2. The molecule has 0 fully saturated rings. The Morgan fingerprint density at radius 2 is 2.18 bits per heavy atom. The first-order chi connectivity index (χ1) is 10.6. The van der Waals surface area contributed by atoms with Gasteiger partial charge in [0.05, 0.1) is 12.1 Å². The van der Waals surface area contributed by atoms with E-state index in [0.29, 0.717) is 23.6 Å². The predicted molar refractivity (Wildman–Crippen MR) is 79.7 cm³/mol. The van der Waals surface area contributed by atoms with Crippen molar-refractivity contribution >= 4 is 11.6 Å². The van der Waals surface area contributed by atoms with E-state index in [9.17, 15) is 9.59 Å². The van der Waals surface area contributed by atoms with Gasteiger partial charge in [-0.05, 0) is 19.1 Å². The highest BCUT2D eigenvalue weighted by Crippen LogP contribution is 2.18. The Kier molecular flexibility index (Phi) is 3.46. The Hall–Kier alpha value is -2.96. The second kappa shape index (κ2) is 5.44. The summed E-state index contributed by atoms with van der Waals surface area (Å²) in [7, 11) is 0. The number of aryl methyl sites for hydroxylation is 1. The SMILES string of the molecule is CCn1c(CC(=O)O)cc(=O)n2nc(-c3cccnc3)cc12. The summed E-state index contributed by atoms with van der Waals surface area (Å²) in [6, 6.07) is 6.74. The number of hydrogen-bond donors (Lipinski definition) is 1.